The number of amides is 1. The van der Waals surface area contributed by atoms with Gasteiger partial charge in [0, 0.05) is 12.1 Å². The molecule has 0 radical (unpaired) electrons. The standard InChI is InChI=1S/C21H15Cl2N3O3S/c22-16-6-3-12(8-17(16)23)10-24-19(27)13-4-5-15-18(9-13)25-21(30)26(20(15)28)11-14-2-1-7-29-14/h1-9H,10-11H2,(H,24,27)(H,25,30). The molecule has 30 heavy (non-hydrogen) atoms. The molecule has 0 spiro atoms. The topological polar surface area (TPSA) is 80.0 Å². The molecule has 6 nitrogen and oxygen atoms in total. The second-order valence-electron chi connectivity index (χ2n) is 6.59. The smallest absolute Gasteiger partial charge is 0.262 e. The van der Waals surface area contributed by atoms with Crippen LogP contribution < -0.4 is 10.9 Å². The maximum atomic E-state index is 12.8. The van der Waals surface area contributed by atoms with Crippen LogP contribution in [0.2, 0.25) is 10.0 Å². The predicted octanol–water partition coefficient (Wildman–Crippen LogP) is 4.94. The zero-order valence-corrected chi connectivity index (χ0v) is 17.8. The van der Waals surface area contributed by atoms with E-state index in [4.69, 9.17) is 39.8 Å². The van der Waals surface area contributed by atoms with Crippen molar-refractivity contribution in [1.29, 1.82) is 0 Å². The number of halogens is 2. The first-order valence-electron chi connectivity index (χ1n) is 8.94. The van der Waals surface area contributed by atoms with Crippen LogP contribution in [0.4, 0.5) is 0 Å². The van der Waals surface area contributed by atoms with Crippen molar-refractivity contribution >= 4 is 52.2 Å². The van der Waals surface area contributed by atoms with Gasteiger partial charge in [-0.3, -0.25) is 14.2 Å². The molecule has 0 saturated carbocycles. The lowest BCUT2D eigenvalue weighted by Gasteiger charge is -2.09. The summed E-state index contributed by atoms with van der Waals surface area (Å²) in [7, 11) is 0. The summed E-state index contributed by atoms with van der Waals surface area (Å²) in [4.78, 5) is 28.4. The number of nitrogens with zero attached hydrogens (tertiary/aromatic N) is 1. The van der Waals surface area contributed by atoms with E-state index in [1.807, 2.05) is 0 Å². The lowest BCUT2D eigenvalue weighted by molar-refractivity contribution is 0.0951. The summed E-state index contributed by atoms with van der Waals surface area (Å²) in [5, 5.41) is 4.12. The van der Waals surface area contributed by atoms with Gasteiger partial charge in [0.25, 0.3) is 11.5 Å². The molecule has 2 heterocycles. The van der Waals surface area contributed by atoms with Crippen LogP contribution in [0.1, 0.15) is 21.7 Å². The molecule has 4 rings (SSSR count). The van der Waals surface area contributed by atoms with E-state index in [1.54, 1.807) is 48.5 Å². The Morgan fingerprint density at radius 1 is 1.13 bits per heavy atom. The second-order valence-corrected chi connectivity index (χ2v) is 7.79. The van der Waals surface area contributed by atoms with E-state index in [-0.39, 0.29) is 29.3 Å². The number of rotatable bonds is 5. The van der Waals surface area contributed by atoms with Gasteiger partial charge in [-0.05, 0) is 60.2 Å². The van der Waals surface area contributed by atoms with E-state index in [0.717, 1.165) is 5.56 Å². The molecule has 9 heteroatoms. The van der Waals surface area contributed by atoms with E-state index in [2.05, 4.69) is 10.3 Å². The number of fused-ring (bicyclic) bond motifs is 1. The molecule has 0 aliphatic rings. The number of H-pyrrole nitrogens is 1. The lowest BCUT2D eigenvalue weighted by atomic mass is 10.1. The average molecular weight is 460 g/mol. The van der Waals surface area contributed by atoms with Gasteiger partial charge in [-0.15, -0.1) is 0 Å². The van der Waals surface area contributed by atoms with Gasteiger partial charge in [0.15, 0.2) is 4.77 Å². The van der Waals surface area contributed by atoms with Crippen LogP contribution in [-0.2, 0) is 13.1 Å². The number of benzene rings is 2. The van der Waals surface area contributed by atoms with E-state index < -0.39 is 0 Å². The Morgan fingerprint density at radius 3 is 2.70 bits per heavy atom. The van der Waals surface area contributed by atoms with Crippen LogP contribution in [0.25, 0.3) is 10.9 Å². The van der Waals surface area contributed by atoms with Gasteiger partial charge < -0.3 is 14.7 Å². The fourth-order valence-electron chi connectivity index (χ4n) is 3.03. The van der Waals surface area contributed by atoms with E-state index in [1.165, 1.54) is 10.8 Å². The maximum absolute atomic E-state index is 12.8. The lowest BCUT2D eigenvalue weighted by Crippen LogP contribution is -2.24. The Kier molecular flexibility index (Phi) is 5.76. The molecule has 0 bridgehead atoms. The number of aromatic nitrogens is 2. The number of carbonyl (C=O) groups is 1. The molecule has 0 fully saturated rings. The highest BCUT2D eigenvalue weighted by molar-refractivity contribution is 7.71. The van der Waals surface area contributed by atoms with Crippen LogP contribution in [0.5, 0.6) is 0 Å². The zero-order valence-electron chi connectivity index (χ0n) is 15.4. The number of hydrogen-bond donors (Lipinski definition) is 2. The summed E-state index contributed by atoms with van der Waals surface area (Å²) in [5.74, 6) is 0.330. The monoisotopic (exact) mass is 459 g/mol. The minimum atomic E-state index is -0.290. The Morgan fingerprint density at radius 2 is 1.97 bits per heavy atom. The SMILES string of the molecule is O=C(NCc1ccc(Cl)c(Cl)c1)c1ccc2c(=O)n(Cc3ccco3)c(=S)[nH]c2c1. The summed E-state index contributed by atoms with van der Waals surface area (Å²) in [6.07, 6.45) is 1.54. The molecule has 0 atom stereocenters. The third-order valence-corrected chi connectivity index (χ3v) is 5.64. The van der Waals surface area contributed by atoms with Crippen molar-refractivity contribution in [1.82, 2.24) is 14.9 Å². The molecule has 2 N–H and O–H groups in total. The Bertz CT molecular complexity index is 1360. The number of hydrogen-bond acceptors (Lipinski definition) is 4. The number of nitrogens with one attached hydrogen (secondary N) is 2. The molecule has 2 aromatic carbocycles. The van der Waals surface area contributed by atoms with Gasteiger partial charge in [0.1, 0.15) is 5.76 Å². The van der Waals surface area contributed by atoms with Gasteiger partial charge in [0.2, 0.25) is 0 Å². The minimum Gasteiger partial charge on any atom is -0.467 e. The second kappa shape index (κ2) is 8.47. The fraction of sp³-hybridized carbons (Fsp3) is 0.0952. The predicted molar refractivity (Wildman–Crippen MR) is 119 cm³/mol. The van der Waals surface area contributed by atoms with Crippen molar-refractivity contribution in [3.8, 4) is 0 Å². The first-order chi connectivity index (χ1) is 14.4. The van der Waals surface area contributed by atoms with Crippen LogP contribution >= 0.6 is 35.4 Å². The van der Waals surface area contributed by atoms with Crippen LogP contribution in [0.15, 0.2) is 64.0 Å². The Balaban J connectivity index is 1.58. The Hall–Kier alpha value is -2.87. The average Bonchev–Trinajstić information content (AvgIpc) is 3.24. The zero-order chi connectivity index (χ0) is 21.3. The van der Waals surface area contributed by atoms with Crippen molar-refractivity contribution in [3.63, 3.8) is 0 Å². The largest absolute Gasteiger partial charge is 0.467 e. The molecule has 0 saturated heterocycles. The summed E-state index contributed by atoms with van der Waals surface area (Å²) in [6.45, 7) is 0.511. The van der Waals surface area contributed by atoms with Crippen molar-refractivity contribution < 1.29 is 9.21 Å². The Labute approximate surface area is 186 Å². The molecular formula is C21H15Cl2N3O3S. The molecule has 2 aromatic heterocycles. The minimum absolute atomic E-state index is 0.225. The van der Waals surface area contributed by atoms with Gasteiger partial charge in [-0.1, -0.05) is 29.3 Å². The van der Waals surface area contributed by atoms with Gasteiger partial charge in [-0.2, -0.15) is 0 Å². The van der Waals surface area contributed by atoms with Crippen LogP contribution in [0, 0.1) is 4.77 Å². The number of aromatic amines is 1. The third-order valence-electron chi connectivity index (χ3n) is 4.58. The van der Waals surface area contributed by atoms with Crippen molar-refractivity contribution in [2.75, 3.05) is 0 Å². The van der Waals surface area contributed by atoms with Gasteiger partial charge >= 0.3 is 0 Å². The normalized spacial score (nSPS) is 11.0. The van der Waals surface area contributed by atoms with E-state index in [9.17, 15) is 9.59 Å². The van der Waals surface area contributed by atoms with Gasteiger partial charge in [0.05, 0.1) is 33.8 Å². The summed E-state index contributed by atoms with van der Waals surface area (Å²) < 4.78 is 6.96. The summed E-state index contributed by atoms with van der Waals surface area (Å²) in [6, 6.07) is 13.5. The molecule has 0 aliphatic heterocycles. The fourth-order valence-corrected chi connectivity index (χ4v) is 3.61. The first kappa shape index (κ1) is 20.4. The molecule has 4 aromatic rings. The maximum Gasteiger partial charge on any atom is 0.262 e. The van der Waals surface area contributed by atoms with Crippen LogP contribution in [-0.4, -0.2) is 15.5 Å². The third kappa shape index (κ3) is 4.18. The van der Waals surface area contributed by atoms with Crippen molar-refractivity contribution in [3.05, 3.63) is 96.9 Å². The van der Waals surface area contributed by atoms with E-state index in [0.29, 0.717) is 32.3 Å². The van der Waals surface area contributed by atoms with Crippen LogP contribution in [0.3, 0.4) is 0 Å². The highest BCUT2D eigenvalue weighted by Gasteiger charge is 2.12. The quantitative estimate of drug-likeness (QED) is 0.414. The molecule has 0 aliphatic carbocycles. The summed E-state index contributed by atoms with van der Waals surface area (Å²) in [5.41, 5.74) is 1.45. The van der Waals surface area contributed by atoms with Gasteiger partial charge in [-0.25, -0.2) is 0 Å². The first-order valence-corrected chi connectivity index (χ1v) is 10.1. The van der Waals surface area contributed by atoms with E-state index >= 15 is 0 Å². The number of carbonyl (C=O) groups excluding carboxylic acids is 1. The van der Waals surface area contributed by atoms with Crippen molar-refractivity contribution in [2.24, 2.45) is 0 Å². The highest BCUT2D eigenvalue weighted by Crippen LogP contribution is 2.22. The van der Waals surface area contributed by atoms with Crippen molar-refractivity contribution in [2.45, 2.75) is 13.1 Å². The summed E-state index contributed by atoms with van der Waals surface area (Å²) >= 11 is 17.2. The highest BCUT2D eigenvalue weighted by atomic mass is 35.5. The molecule has 152 valence electrons. The number of furan rings is 1. The molecular weight excluding hydrogens is 445 g/mol. The molecule has 1 amide bonds. The molecule has 0 unspecified atom stereocenters.